The summed E-state index contributed by atoms with van der Waals surface area (Å²) < 4.78 is 10.3. The molecule has 102 valence electrons. The molecule has 0 unspecified atom stereocenters. The molecule has 0 amide bonds. The smallest absolute Gasteiger partial charge is 0.337 e. The van der Waals surface area contributed by atoms with E-state index in [1.165, 1.54) is 7.11 Å². The van der Waals surface area contributed by atoms with Crippen LogP contribution >= 0.6 is 0 Å². The van der Waals surface area contributed by atoms with Gasteiger partial charge in [-0.25, -0.2) is 4.79 Å². The lowest BCUT2D eigenvalue weighted by molar-refractivity contribution is 0.0600. The highest BCUT2D eigenvalue weighted by molar-refractivity contribution is 5.89. The summed E-state index contributed by atoms with van der Waals surface area (Å²) in [6.07, 6.45) is 1.80. The number of rotatable bonds is 5. The van der Waals surface area contributed by atoms with Gasteiger partial charge in [0.15, 0.2) is 0 Å². The average Bonchev–Trinajstić information content (AvgIpc) is 2.53. The number of carbonyl (C=O) groups is 1. The van der Waals surface area contributed by atoms with E-state index in [9.17, 15) is 4.79 Å². The molecule has 0 heterocycles. The van der Waals surface area contributed by atoms with Crippen molar-refractivity contribution in [2.45, 2.75) is 6.61 Å². The fourth-order valence-corrected chi connectivity index (χ4v) is 1.72. The largest absolute Gasteiger partial charge is 0.489 e. The van der Waals surface area contributed by atoms with Crippen molar-refractivity contribution in [2.75, 3.05) is 7.11 Å². The number of methoxy groups -OCH3 is 1. The molecule has 3 heteroatoms. The van der Waals surface area contributed by atoms with E-state index >= 15 is 0 Å². The van der Waals surface area contributed by atoms with Gasteiger partial charge < -0.3 is 9.47 Å². The van der Waals surface area contributed by atoms with Crippen molar-refractivity contribution in [3.05, 3.63) is 71.8 Å². The number of benzene rings is 2. The van der Waals surface area contributed by atoms with Gasteiger partial charge >= 0.3 is 5.97 Å². The third kappa shape index (κ3) is 3.48. The Hall–Kier alpha value is -2.55. The fourth-order valence-electron chi connectivity index (χ4n) is 1.72. The van der Waals surface area contributed by atoms with Gasteiger partial charge in [0.25, 0.3) is 0 Å². The molecule has 0 radical (unpaired) electrons. The zero-order valence-corrected chi connectivity index (χ0v) is 11.3. The third-order valence-electron chi connectivity index (χ3n) is 2.90. The second-order valence-corrected chi connectivity index (χ2v) is 4.25. The minimum Gasteiger partial charge on any atom is -0.489 e. The summed E-state index contributed by atoms with van der Waals surface area (Å²) in [6, 6.07) is 14.9. The summed E-state index contributed by atoms with van der Waals surface area (Å²) >= 11 is 0. The fraction of sp³-hybridized carbons (Fsp3) is 0.118. The molecule has 2 aromatic rings. The Morgan fingerprint density at radius 1 is 1.10 bits per heavy atom. The molecule has 2 rings (SSSR count). The Balaban J connectivity index is 1.96. The van der Waals surface area contributed by atoms with E-state index in [0.29, 0.717) is 17.9 Å². The maximum Gasteiger partial charge on any atom is 0.337 e. The predicted octanol–water partition coefficient (Wildman–Crippen LogP) is 3.70. The Kier molecular flexibility index (Phi) is 4.56. The molecule has 0 spiro atoms. The highest BCUT2D eigenvalue weighted by Gasteiger charge is 2.04. The maximum absolute atomic E-state index is 11.3. The zero-order valence-electron chi connectivity index (χ0n) is 11.3. The van der Waals surface area contributed by atoms with Gasteiger partial charge in [-0.3, -0.25) is 0 Å². The minimum absolute atomic E-state index is 0.350. The van der Waals surface area contributed by atoms with Crippen LogP contribution in [0, 0.1) is 0 Å². The molecule has 3 nitrogen and oxygen atoms in total. The summed E-state index contributed by atoms with van der Waals surface area (Å²) in [7, 11) is 1.36. The summed E-state index contributed by atoms with van der Waals surface area (Å²) in [5.74, 6) is 0.363. The molecule has 0 aromatic heterocycles. The van der Waals surface area contributed by atoms with Crippen LogP contribution in [-0.2, 0) is 11.3 Å². The van der Waals surface area contributed by atoms with Crippen LogP contribution in [0.25, 0.3) is 6.08 Å². The summed E-state index contributed by atoms with van der Waals surface area (Å²) in [5.41, 5.74) is 2.67. The van der Waals surface area contributed by atoms with E-state index in [4.69, 9.17) is 4.74 Å². The van der Waals surface area contributed by atoms with Crippen LogP contribution in [-0.4, -0.2) is 13.1 Å². The first-order valence-electron chi connectivity index (χ1n) is 6.25. The molecule has 0 aliphatic rings. The van der Waals surface area contributed by atoms with Crippen molar-refractivity contribution in [2.24, 2.45) is 0 Å². The molecule has 0 bridgehead atoms. The lowest BCUT2D eigenvalue weighted by Gasteiger charge is -2.07. The lowest BCUT2D eigenvalue weighted by atomic mass is 10.1. The van der Waals surface area contributed by atoms with Crippen LogP contribution in [0.5, 0.6) is 5.75 Å². The van der Waals surface area contributed by atoms with Gasteiger partial charge in [-0.2, -0.15) is 0 Å². The number of carbonyl (C=O) groups excluding carboxylic acids is 1. The van der Waals surface area contributed by atoms with Gasteiger partial charge in [0.2, 0.25) is 0 Å². The van der Waals surface area contributed by atoms with Gasteiger partial charge in [0.05, 0.1) is 12.7 Å². The van der Waals surface area contributed by atoms with E-state index in [1.807, 2.05) is 24.3 Å². The molecule has 0 saturated heterocycles. The first-order chi connectivity index (χ1) is 9.72. The van der Waals surface area contributed by atoms with E-state index in [1.54, 1.807) is 30.3 Å². The molecule has 2 aromatic carbocycles. The molecule has 0 aliphatic carbocycles. The monoisotopic (exact) mass is 268 g/mol. The van der Waals surface area contributed by atoms with Crippen LogP contribution in [0.4, 0.5) is 0 Å². The maximum atomic E-state index is 11.3. The van der Waals surface area contributed by atoms with E-state index in [2.05, 4.69) is 11.3 Å². The van der Waals surface area contributed by atoms with Gasteiger partial charge in [0.1, 0.15) is 12.4 Å². The summed E-state index contributed by atoms with van der Waals surface area (Å²) in [4.78, 5) is 11.3. The van der Waals surface area contributed by atoms with Crippen LogP contribution in [0.2, 0.25) is 0 Å². The average molecular weight is 268 g/mol. The summed E-state index contributed by atoms with van der Waals surface area (Å²) in [5, 5.41) is 0. The first kappa shape index (κ1) is 13.9. The van der Waals surface area contributed by atoms with Gasteiger partial charge in [-0.15, -0.1) is 0 Å². The highest BCUT2D eigenvalue weighted by atomic mass is 16.5. The Bertz CT molecular complexity index is 583. The van der Waals surface area contributed by atoms with Crippen molar-refractivity contribution in [3.8, 4) is 5.75 Å². The number of ether oxygens (including phenoxy) is 2. The standard InChI is InChI=1S/C17H16O3/c1-3-13-4-6-14(7-5-13)12-20-16-10-8-15(9-11-16)17(18)19-2/h3-11H,1,12H2,2H3. The predicted molar refractivity (Wildman–Crippen MR) is 78.6 cm³/mol. The third-order valence-corrected chi connectivity index (χ3v) is 2.90. The number of esters is 1. The van der Waals surface area contributed by atoms with Crippen LogP contribution in [0.15, 0.2) is 55.1 Å². The molecule has 0 aliphatic heterocycles. The van der Waals surface area contributed by atoms with Gasteiger partial charge in [0, 0.05) is 0 Å². The van der Waals surface area contributed by atoms with Gasteiger partial charge in [-0.05, 0) is 35.4 Å². The molecule has 0 saturated carbocycles. The van der Waals surface area contributed by atoms with Crippen molar-refractivity contribution in [1.29, 1.82) is 0 Å². The van der Waals surface area contributed by atoms with Crippen molar-refractivity contribution >= 4 is 12.0 Å². The van der Waals surface area contributed by atoms with E-state index in [0.717, 1.165) is 11.1 Å². The molecule has 0 N–H and O–H groups in total. The number of hydrogen-bond acceptors (Lipinski definition) is 3. The second kappa shape index (κ2) is 6.57. The Morgan fingerprint density at radius 2 is 1.75 bits per heavy atom. The molecule has 0 atom stereocenters. The molecular formula is C17H16O3. The van der Waals surface area contributed by atoms with E-state index < -0.39 is 0 Å². The van der Waals surface area contributed by atoms with Crippen molar-refractivity contribution in [3.63, 3.8) is 0 Å². The zero-order chi connectivity index (χ0) is 14.4. The van der Waals surface area contributed by atoms with Crippen LogP contribution in [0.3, 0.4) is 0 Å². The van der Waals surface area contributed by atoms with Crippen LogP contribution in [0.1, 0.15) is 21.5 Å². The Morgan fingerprint density at radius 3 is 2.30 bits per heavy atom. The highest BCUT2D eigenvalue weighted by Crippen LogP contribution is 2.15. The minimum atomic E-state index is -0.350. The molecule has 20 heavy (non-hydrogen) atoms. The summed E-state index contributed by atoms with van der Waals surface area (Å²) in [6.45, 7) is 4.20. The molecule has 0 fully saturated rings. The quantitative estimate of drug-likeness (QED) is 0.776. The van der Waals surface area contributed by atoms with Gasteiger partial charge in [-0.1, -0.05) is 36.9 Å². The lowest BCUT2D eigenvalue weighted by Crippen LogP contribution is -2.01. The topological polar surface area (TPSA) is 35.5 Å². The number of hydrogen-bond donors (Lipinski definition) is 0. The van der Waals surface area contributed by atoms with E-state index in [-0.39, 0.29) is 5.97 Å². The van der Waals surface area contributed by atoms with Crippen molar-refractivity contribution < 1.29 is 14.3 Å². The second-order valence-electron chi connectivity index (χ2n) is 4.25. The Labute approximate surface area is 118 Å². The van der Waals surface area contributed by atoms with Crippen molar-refractivity contribution in [1.82, 2.24) is 0 Å². The normalized spacial score (nSPS) is 9.85. The first-order valence-corrected chi connectivity index (χ1v) is 6.25. The SMILES string of the molecule is C=Cc1ccc(COc2ccc(C(=O)OC)cc2)cc1. The molecular weight excluding hydrogens is 252 g/mol. The van der Waals surface area contributed by atoms with Crippen LogP contribution < -0.4 is 4.74 Å².